The van der Waals surface area contributed by atoms with Gasteiger partial charge < -0.3 is 18.9 Å². The van der Waals surface area contributed by atoms with Crippen LogP contribution < -0.4 is 9.47 Å². The second-order valence-corrected chi connectivity index (χ2v) is 7.99. The van der Waals surface area contributed by atoms with Gasteiger partial charge in [0.05, 0.1) is 24.8 Å². The quantitative estimate of drug-likeness (QED) is 0.416. The molecule has 0 N–H and O–H groups in total. The molecule has 2 aromatic carbocycles. The van der Waals surface area contributed by atoms with Crippen LogP contribution in [-0.4, -0.2) is 52.9 Å². The van der Waals surface area contributed by atoms with E-state index >= 15 is 0 Å². The molecule has 0 unspecified atom stereocenters. The Bertz CT molecular complexity index is 965. The van der Waals surface area contributed by atoms with Gasteiger partial charge in [0.1, 0.15) is 18.0 Å². The number of methoxy groups -OCH3 is 1. The average molecular weight is 412 g/mol. The average Bonchev–Trinajstić information content (AvgIpc) is 3.41. The molecular formula is C22H25N3O3S. The summed E-state index contributed by atoms with van der Waals surface area (Å²) in [6.07, 6.45) is 2.20. The number of rotatable bonds is 8. The lowest BCUT2D eigenvalue weighted by molar-refractivity contribution is -0.130. The van der Waals surface area contributed by atoms with Crippen molar-refractivity contribution in [2.24, 2.45) is 0 Å². The van der Waals surface area contributed by atoms with Crippen LogP contribution in [0.2, 0.25) is 0 Å². The number of nitrogens with zero attached hydrogens (tertiary/aromatic N) is 3. The molecule has 1 aliphatic heterocycles. The van der Waals surface area contributed by atoms with Crippen molar-refractivity contribution in [2.45, 2.75) is 24.5 Å². The van der Waals surface area contributed by atoms with Gasteiger partial charge in [-0.15, -0.1) is 0 Å². The molecule has 1 aliphatic rings. The number of hydrogen-bond acceptors (Lipinski definition) is 5. The number of aromatic nitrogens is 2. The summed E-state index contributed by atoms with van der Waals surface area (Å²) in [6, 6.07) is 15.5. The zero-order chi connectivity index (χ0) is 20.1. The maximum absolute atomic E-state index is 12.7. The topological polar surface area (TPSA) is 56.6 Å². The Morgan fingerprint density at radius 1 is 1.07 bits per heavy atom. The van der Waals surface area contributed by atoms with E-state index in [0.717, 1.165) is 59.4 Å². The number of benzene rings is 2. The van der Waals surface area contributed by atoms with Crippen molar-refractivity contribution in [1.82, 2.24) is 14.5 Å². The molecule has 0 spiro atoms. The van der Waals surface area contributed by atoms with E-state index in [1.165, 1.54) is 0 Å². The molecule has 152 valence electrons. The Balaban J connectivity index is 1.41. The van der Waals surface area contributed by atoms with E-state index in [2.05, 4.69) is 0 Å². The first-order chi connectivity index (χ1) is 14.2. The van der Waals surface area contributed by atoms with Crippen molar-refractivity contribution < 1.29 is 14.3 Å². The zero-order valence-corrected chi connectivity index (χ0v) is 17.4. The van der Waals surface area contributed by atoms with Crippen molar-refractivity contribution in [3.8, 4) is 11.5 Å². The highest BCUT2D eigenvalue weighted by molar-refractivity contribution is 7.99. The third-order valence-corrected chi connectivity index (χ3v) is 5.95. The minimum Gasteiger partial charge on any atom is -0.497 e. The number of thioether (sulfide) groups is 1. The van der Waals surface area contributed by atoms with Crippen LogP contribution in [0.25, 0.3) is 11.0 Å². The fraction of sp³-hybridized carbons (Fsp3) is 0.364. The molecule has 1 saturated heterocycles. The van der Waals surface area contributed by atoms with Crippen molar-refractivity contribution >= 4 is 28.7 Å². The number of imidazole rings is 1. The number of carbonyl (C=O) groups excluding carboxylic acids is 1. The number of fused-ring (bicyclic) bond motifs is 1. The molecule has 1 aromatic heterocycles. The summed E-state index contributed by atoms with van der Waals surface area (Å²) in [6.45, 7) is 2.62. The van der Waals surface area contributed by atoms with Crippen molar-refractivity contribution in [3.63, 3.8) is 0 Å². The van der Waals surface area contributed by atoms with Gasteiger partial charge in [-0.3, -0.25) is 4.79 Å². The highest BCUT2D eigenvalue weighted by Gasteiger charge is 2.21. The second kappa shape index (κ2) is 9.22. The van der Waals surface area contributed by atoms with E-state index in [-0.39, 0.29) is 5.91 Å². The van der Waals surface area contributed by atoms with Gasteiger partial charge in [0.25, 0.3) is 0 Å². The molecule has 29 heavy (non-hydrogen) atoms. The molecule has 0 bridgehead atoms. The summed E-state index contributed by atoms with van der Waals surface area (Å²) in [4.78, 5) is 19.4. The summed E-state index contributed by atoms with van der Waals surface area (Å²) >= 11 is 1.62. The van der Waals surface area contributed by atoms with Gasteiger partial charge >= 0.3 is 0 Å². The van der Waals surface area contributed by atoms with Crippen LogP contribution in [0.1, 0.15) is 12.8 Å². The lowest BCUT2D eigenvalue weighted by atomic mass is 10.3. The summed E-state index contributed by atoms with van der Waals surface area (Å²) in [5.41, 5.74) is 1.92. The Morgan fingerprint density at radius 2 is 1.79 bits per heavy atom. The molecule has 4 rings (SSSR count). The first-order valence-corrected chi connectivity index (χ1v) is 10.9. The van der Waals surface area contributed by atoms with Crippen LogP contribution in [-0.2, 0) is 11.3 Å². The second-order valence-electron chi connectivity index (χ2n) is 6.93. The first-order valence-electron chi connectivity index (χ1n) is 9.87. The molecule has 0 saturated carbocycles. The SMILES string of the molecule is COc1ccc(OCCSc2nc3ccccc3n2CC(=O)N2CCCC2)cc1. The minimum absolute atomic E-state index is 0.169. The third kappa shape index (κ3) is 4.67. The zero-order valence-electron chi connectivity index (χ0n) is 16.5. The van der Waals surface area contributed by atoms with E-state index in [4.69, 9.17) is 14.5 Å². The number of ether oxygens (including phenoxy) is 2. The first kappa shape index (κ1) is 19.6. The van der Waals surface area contributed by atoms with Gasteiger partial charge in [0.2, 0.25) is 5.91 Å². The summed E-state index contributed by atoms with van der Waals surface area (Å²) in [7, 11) is 1.65. The number of amides is 1. The molecule has 0 atom stereocenters. The fourth-order valence-electron chi connectivity index (χ4n) is 3.48. The van der Waals surface area contributed by atoms with Gasteiger partial charge in [0.15, 0.2) is 5.16 Å². The predicted molar refractivity (Wildman–Crippen MR) is 115 cm³/mol. The minimum atomic E-state index is 0.169. The highest BCUT2D eigenvalue weighted by atomic mass is 32.2. The van der Waals surface area contributed by atoms with Crippen molar-refractivity contribution in [1.29, 1.82) is 0 Å². The number of hydrogen-bond donors (Lipinski definition) is 0. The molecular weight excluding hydrogens is 386 g/mol. The Kier molecular flexibility index (Phi) is 6.24. The third-order valence-electron chi connectivity index (χ3n) is 5.01. The number of para-hydroxylation sites is 2. The van der Waals surface area contributed by atoms with E-state index in [0.29, 0.717) is 13.2 Å². The van der Waals surface area contributed by atoms with E-state index < -0.39 is 0 Å². The molecule has 6 nitrogen and oxygen atoms in total. The number of carbonyl (C=O) groups is 1. The summed E-state index contributed by atoms with van der Waals surface area (Å²) < 4.78 is 13.0. The summed E-state index contributed by atoms with van der Waals surface area (Å²) in [5, 5.41) is 0.858. The largest absolute Gasteiger partial charge is 0.497 e. The van der Waals surface area contributed by atoms with Crippen molar-refractivity contribution in [3.05, 3.63) is 48.5 Å². The number of likely N-dealkylation sites (tertiary alicyclic amines) is 1. The van der Waals surface area contributed by atoms with Crippen LogP contribution in [0, 0.1) is 0 Å². The van der Waals surface area contributed by atoms with E-state index in [1.807, 2.05) is 58.0 Å². The van der Waals surface area contributed by atoms with Crippen LogP contribution in [0.5, 0.6) is 11.5 Å². The van der Waals surface area contributed by atoms with Gasteiger partial charge in [0, 0.05) is 18.8 Å². The van der Waals surface area contributed by atoms with Gasteiger partial charge in [-0.05, 0) is 49.2 Å². The Morgan fingerprint density at radius 3 is 2.55 bits per heavy atom. The Labute approximate surface area is 174 Å². The molecule has 0 aliphatic carbocycles. The van der Waals surface area contributed by atoms with Crippen LogP contribution >= 0.6 is 11.8 Å². The predicted octanol–water partition coefficient (Wildman–Crippen LogP) is 3.84. The van der Waals surface area contributed by atoms with E-state index in [1.54, 1.807) is 18.9 Å². The maximum Gasteiger partial charge on any atom is 0.242 e. The normalized spacial score (nSPS) is 13.8. The Hall–Kier alpha value is -2.67. The highest BCUT2D eigenvalue weighted by Crippen LogP contribution is 2.25. The fourth-order valence-corrected chi connectivity index (χ4v) is 4.31. The van der Waals surface area contributed by atoms with Crippen LogP contribution in [0.4, 0.5) is 0 Å². The molecule has 1 fully saturated rings. The standard InChI is InChI=1S/C22H25N3O3S/c1-27-17-8-10-18(11-9-17)28-14-15-29-22-23-19-6-2-3-7-20(19)25(22)16-21(26)24-12-4-5-13-24/h2-3,6-11H,4-5,12-16H2,1H3. The van der Waals surface area contributed by atoms with Gasteiger partial charge in [-0.25, -0.2) is 4.98 Å². The van der Waals surface area contributed by atoms with E-state index in [9.17, 15) is 4.79 Å². The smallest absolute Gasteiger partial charge is 0.242 e. The van der Waals surface area contributed by atoms with Crippen LogP contribution in [0.3, 0.4) is 0 Å². The molecule has 0 radical (unpaired) electrons. The summed E-state index contributed by atoms with van der Waals surface area (Å²) in [5.74, 6) is 2.53. The molecule has 7 heteroatoms. The molecule has 2 heterocycles. The monoisotopic (exact) mass is 411 g/mol. The van der Waals surface area contributed by atoms with Crippen LogP contribution in [0.15, 0.2) is 53.7 Å². The van der Waals surface area contributed by atoms with Gasteiger partial charge in [-0.2, -0.15) is 0 Å². The van der Waals surface area contributed by atoms with Gasteiger partial charge in [-0.1, -0.05) is 23.9 Å². The molecule has 3 aromatic rings. The lowest BCUT2D eigenvalue weighted by Gasteiger charge is -2.17. The molecule has 1 amide bonds. The van der Waals surface area contributed by atoms with Crippen molar-refractivity contribution in [2.75, 3.05) is 32.6 Å². The maximum atomic E-state index is 12.7. The lowest BCUT2D eigenvalue weighted by Crippen LogP contribution is -2.31.